The second kappa shape index (κ2) is 10.1. The molecule has 4 saturated heterocycles. The first kappa shape index (κ1) is 27.5. The summed E-state index contributed by atoms with van der Waals surface area (Å²) in [5.41, 5.74) is 2.21. The fourth-order valence-electron chi connectivity index (χ4n) is 8.43. The van der Waals surface area contributed by atoms with Crippen LogP contribution in [0, 0.1) is 17.7 Å². The maximum Gasteiger partial charge on any atom is 0.319 e. The fourth-order valence-corrected chi connectivity index (χ4v) is 8.69. The first-order valence-electron chi connectivity index (χ1n) is 15.7. The molecule has 0 spiro atoms. The quantitative estimate of drug-likeness (QED) is 0.237. The highest BCUT2D eigenvalue weighted by Crippen LogP contribution is 2.44. The van der Waals surface area contributed by atoms with Crippen LogP contribution in [0.2, 0.25) is 5.15 Å². The first-order valence-corrected chi connectivity index (χ1v) is 16.1. The maximum atomic E-state index is 15.1. The van der Waals surface area contributed by atoms with Crippen molar-refractivity contribution in [1.82, 2.24) is 25.2 Å². The number of benzene rings is 2. The number of phenolic OH excluding ortho intramolecular Hbond substituents is 1. The summed E-state index contributed by atoms with van der Waals surface area (Å²) < 4.78 is 36.1. The highest BCUT2D eigenvalue weighted by Gasteiger charge is 2.49. The van der Waals surface area contributed by atoms with Gasteiger partial charge in [-0.1, -0.05) is 29.5 Å². The Hall–Kier alpha value is -3.78. The van der Waals surface area contributed by atoms with Crippen molar-refractivity contribution < 1.29 is 18.6 Å². The second-order valence-corrected chi connectivity index (χ2v) is 13.5. The van der Waals surface area contributed by atoms with E-state index in [1.165, 1.54) is 6.07 Å². The lowest BCUT2D eigenvalue weighted by atomic mass is 9.91. The number of piperazine rings is 1. The van der Waals surface area contributed by atoms with E-state index in [2.05, 4.69) is 27.0 Å². The van der Waals surface area contributed by atoms with Gasteiger partial charge in [-0.3, -0.25) is 4.90 Å². The van der Waals surface area contributed by atoms with Gasteiger partial charge in [0.2, 0.25) is 0 Å². The Labute approximate surface area is 263 Å². The van der Waals surface area contributed by atoms with Gasteiger partial charge < -0.3 is 20.1 Å². The molecule has 2 unspecified atom stereocenters. The van der Waals surface area contributed by atoms with Crippen LogP contribution in [-0.4, -0.2) is 81.5 Å². The molecular weight excluding hydrogens is 598 g/mol. The molecule has 230 valence electrons. The Morgan fingerprint density at radius 1 is 1.11 bits per heavy atom. The minimum atomic E-state index is -0.867. The molecule has 2 aromatic carbocycles. The minimum Gasteiger partial charge on any atom is -0.508 e. The van der Waals surface area contributed by atoms with E-state index >= 15 is 4.39 Å². The number of pyridine rings is 1. The molecule has 6 heterocycles. The summed E-state index contributed by atoms with van der Waals surface area (Å²) in [6.45, 7) is 3.12. The normalized spacial score (nSPS) is 26.8. The number of fused-ring (bicyclic) bond motifs is 7. The summed E-state index contributed by atoms with van der Waals surface area (Å²) in [5.74, 6) is 6.44. The molecule has 11 heteroatoms. The molecule has 0 radical (unpaired) electrons. The lowest BCUT2D eigenvalue weighted by Gasteiger charge is -2.35. The van der Waals surface area contributed by atoms with Gasteiger partial charge in [0, 0.05) is 61.1 Å². The third kappa shape index (κ3) is 4.35. The highest BCUT2D eigenvalue weighted by molar-refractivity contribution is 6.35. The number of rotatable bonds is 4. The predicted octanol–water partition coefficient (Wildman–Crippen LogP) is 5.15. The van der Waals surface area contributed by atoms with E-state index in [9.17, 15) is 9.50 Å². The van der Waals surface area contributed by atoms with Crippen molar-refractivity contribution in [3.8, 4) is 34.9 Å². The van der Waals surface area contributed by atoms with Crippen LogP contribution < -0.4 is 15.0 Å². The van der Waals surface area contributed by atoms with Crippen molar-refractivity contribution >= 4 is 39.1 Å². The van der Waals surface area contributed by atoms with Gasteiger partial charge in [-0.05, 0) is 55.8 Å². The zero-order valence-electron chi connectivity index (χ0n) is 24.5. The second-order valence-electron chi connectivity index (χ2n) is 13.2. The number of nitrogens with one attached hydrogen (secondary N) is 1. The van der Waals surface area contributed by atoms with E-state index in [1.54, 1.807) is 18.2 Å². The van der Waals surface area contributed by atoms with Crippen LogP contribution in [0.1, 0.15) is 43.2 Å². The fraction of sp³-hybridized carbons (Fsp3) is 0.441. The maximum absolute atomic E-state index is 15.1. The van der Waals surface area contributed by atoms with Crippen molar-refractivity contribution in [2.24, 2.45) is 0 Å². The SMILES string of the molecule is Oc1cc2c3c(c(F)ccc3c1)C#CCc1c-2nc(Cl)c2c(N3CC4CCC(C3)N4)nc(OC[C@@]34CCCN3C[C@H](F)C4)nc12. The molecule has 2 aromatic heterocycles. The highest BCUT2D eigenvalue weighted by atomic mass is 35.5. The lowest BCUT2D eigenvalue weighted by Crippen LogP contribution is -2.51. The lowest BCUT2D eigenvalue weighted by molar-refractivity contribution is 0.107. The molecule has 4 atom stereocenters. The summed E-state index contributed by atoms with van der Waals surface area (Å²) in [6.07, 6.45) is 3.88. The van der Waals surface area contributed by atoms with Crippen molar-refractivity contribution in [3.05, 3.63) is 46.4 Å². The Bertz CT molecular complexity index is 1970. The van der Waals surface area contributed by atoms with Crippen LogP contribution in [-0.2, 0) is 6.42 Å². The van der Waals surface area contributed by atoms with Crippen LogP contribution in [0.15, 0.2) is 24.3 Å². The molecule has 4 aromatic rings. The van der Waals surface area contributed by atoms with Crippen LogP contribution in [0.3, 0.4) is 0 Å². The summed E-state index contributed by atoms with van der Waals surface area (Å²) in [6, 6.07) is 7.07. The average molecular weight is 629 g/mol. The molecule has 0 saturated carbocycles. The molecule has 1 aliphatic carbocycles. The number of halogens is 3. The number of ether oxygens (including phenoxy) is 1. The number of hydrogen-bond donors (Lipinski definition) is 2. The van der Waals surface area contributed by atoms with E-state index in [4.69, 9.17) is 31.3 Å². The summed E-state index contributed by atoms with van der Waals surface area (Å²) in [5, 5.41) is 16.4. The van der Waals surface area contributed by atoms with Gasteiger partial charge in [-0.25, -0.2) is 13.8 Å². The number of phenols is 1. The Morgan fingerprint density at radius 2 is 1.96 bits per heavy atom. The van der Waals surface area contributed by atoms with Gasteiger partial charge in [0.25, 0.3) is 0 Å². The van der Waals surface area contributed by atoms with Crippen LogP contribution >= 0.6 is 11.6 Å². The average Bonchev–Trinajstić information content (AvgIpc) is 3.66. The molecule has 0 amide bonds. The van der Waals surface area contributed by atoms with Crippen LogP contribution in [0.25, 0.3) is 32.9 Å². The number of nitrogens with zero attached hydrogens (tertiary/aromatic N) is 5. The third-order valence-electron chi connectivity index (χ3n) is 10.4. The molecular formula is C34H31ClF2N6O2. The molecule has 8 nitrogen and oxygen atoms in total. The van der Waals surface area contributed by atoms with Crippen molar-refractivity contribution in [1.29, 1.82) is 0 Å². The summed E-state index contributed by atoms with van der Waals surface area (Å²) in [7, 11) is 0. The molecule has 9 rings (SSSR count). The molecule has 4 fully saturated rings. The van der Waals surface area contributed by atoms with Crippen LogP contribution in [0.4, 0.5) is 14.6 Å². The largest absolute Gasteiger partial charge is 0.508 e. The van der Waals surface area contributed by atoms with Gasteiger partial charge in [-0.2, -0.15) is 9.97 Å². The van der Waals surface area contributed by atoms with Gasteiger partial charge in [0.1, 0.15) is 35.3 Å². The van der Waals surface area contributed by atoms with Crippen molar-refractivity contribution in [2.45, 2.75) is 62.3 Å². The van der Waals surface area contributed by atoms with Crippen molar-refractivity contribution in [2.75, 3.05) is 37.7 Å². The smallest absolute Gasteiger partial charge is 0.319 e. The van der Waals surface area contributed by atoms with E-state index in [1.807, 2.05) is 0 Å². The minimum absolute atomic E-state index is 0.0272. The van der Waals surface area contributed by atoms with Gasteiger partial charge >= 0.3 is 6.01 Å². The third-order valence-corrected chi connectivity index (χ3v) is 10.7. The van der Waals surface area contributed by atoms with Gasteiger partial charge in [0.15, 0.2) is 0 Å². The van der Waals surface area contributed by atoms with E-state index in [-0.39, 0.29) is 34.4 Å². The zero-order valence-corrected chi connectivity index (χ0v) is 25.3. The molecule has 4 aliphatic heterocycles. The molecule has 2 bridgehead atoms. The molecule has 2 N–H and O–H groups in total. The standard InChI is InChI=1S/C34H31ClF2N6O2/c35-31-28-30(24-4-1-3-23-26(37)8-5-18-11-22(44)12-25(27(18)23)29(24)39-31)40-33(41-32(28)42-15-20-6-7-21(16-42)38-20)45-17-34-9-2-10-43(34)14-19(36)13-34/h5,8,11-12,19-21,38,44H,2,4,6-7,9-10,13-17H2/t19-,20?,21?,34+/m1/s1. The topological polar surface area (TPSA) is 86.6 Å². The monoisotopic (exact) mass is 628 g/mol. The van der Waals surface area contributed by atoms with Crippen LogP contribution in [0.5, 0.6) is 11.8 Å². The summed E-state index contributed by atoms with van der Waals surface area (Å²) in [4.78, 5) is 19.3. The number of aromatic nitrogens is 3. The van der Waals surface area contributed by atoms with E-state index < -0.39 is 12.0 Å². The first-order chi connectivity index (χ1) is 21.8. The van der Waals surface area contributed by atoms with Gasteiger partial charge in [0.05, 0.1) is 27.7 Å². The Kier molecular flexibility index (Phi) is 6.18. The Morgan fingerprint density at radius 3 is 2.80 bits per heavy atom. The molecule has 45 heavy (non-hydrogen) atoms. The van der Waals surface area contributed by atoms with E-state index in [0.29, 0.717) is 76.0 Å². The number of anilines is 1. The number of aromatic hydroxyl groups is 1. The number of hydrogen-bond acceptors (Lipinski definition) is 8. The Balaban J connectivity index is 1.25. The molecule has 5 aliphatic rings. The zero-order chi connectivity index (χ0) is 30.4. The van der Waals surface area contributed by atoms with Crippen molar-refractivity contribution in [3.63, 3.8) is 0 Å². The number of alkyl halides is 1. The predicted molar refractivity (Wildman–Crippen MR) is 168 cm³/mol. The summed E-state index contributed by atoms with van der Waals surface area (Å²) >= 11 is 7.06. The van der Waals surface area contributed by atoms with E-state index in [0.717, 1.165) is 45.3 Å². The van der Waals surface area contributed by atoms with Gasteiger partial charge in [-0.15, -0.1) is 0 Å².